The van der Waals surface area contributed by atoms with Crippen LogP contribution in [0, 0.1) is 0 Å². The van der Waals surface area contributed by atoms with Gasteiger partial charge in [0.15, 0.2) is 18.0 Å². The molecule has 14 nitrogen and oxygen atoms in total. The molecule has 248 valence electrons. The van der Waals surface area contributed by atoms with E-state index in [0.29, 0.717) is 5.56 Å². The molecule has 0 bridgehead atoms. The summed E-state index contributed by atoms with van der Waals surface area (Å²) in [4.78, 5) is 26.6. The third kappa shape index (κ3) is 4.71. The van der Waals surface area contributed by atoms with Crippen molar-refractivity contribution in [3.63, 3.8) is 0 Å². The van der Waals surface area contributed by atoms with Crippen molar-refractivity contribution in [2.45, 2.75) is 75.3 Å². The van der Waals surface area contributed by atoms with Gasteiger partial charge in [0.1, 0.15) is 53.0 Å². The second kappa shape index (κ2) is 11.5. The van der Waals surface area contributed by atoms with E-state index < -0.39 is 78.4 Å². The van der Waals surface area contributed by atoms with Gasteiger partial charge in [-0.1, -0.05) is 30.9 Å². The molecule has 7 rings (SSSR count). The number of aliphatic hydroxyl groups excluding tert-OH is 4. The van der Waals surface area contributed by atoms with Crippen LogP contribution in [0.25, 0.3) is 49.6 Å². The van der Waals surface area contributed by atoms with E-state index in [4.69, 9.17) is 32.5 Å². The van der Waals surface area contributed by atoms with Crippen LogP contribution in [0.15, 0.2) is 55.3 Å². The molecule has 0 aliphatic carbocycles. The number of aliphatic hydroxyl groups is 4. The normalized spacial score (nSPS) is 31.6. The average Bonchev–Trinajstić information content (AvgIpc) is 3.05. The molecule has 2 aliphatic rings. The fourth-order valence-corrected chi connectivity index (χ4v) is 6.62. The van der Waals surface area contributed by atoms with Crippen molar-refractivity contribution in [1.29, 1.82) is 0 Å². The molecule has 0 spiro atoms. The lowest BCUT2D eigenvalue weighted by molar-refractivity contribution is -0.353. The summed E-state index contributed by atoms with van der Waals surface area (Å²) in [7, 11) is 1.30. The third-order valence-corrected chi connectivity index (χ3v) is 9.07. The molecule has 5 N–H and O–H groups in total. The van der Waals surface area contributed by atoms with Crippen LogP contribution in [0.3, 0.4) is 0 Å². The Balaban J connectivity index is 1.39. The number of rotatable bonds is 6. The smallest absolute Gasteiger partial charge is 0.348 e. The third-order valence-electron chi connectivity index (χ3n) is 9.07. The molecule has 0 amide bonds. The van der Waals surface area contributed by atoms with Gasteiger partial charge in [-0.2, -0.15) is 0 Å². The average molecular weight is 653 g/mol. The standard InChI is InChI=1S/C33H32O14/c1-5-13-9-10-16-19-17(13)30(39)46-27-18-14(24(36)21(20(19)27)31(40)44-16)7-6-8-15(18)45-33-29(25(37)22(34)11(2)43-33)47-32-26(38)28(41-4)23(35)12(3)42-32/h5-12,22-23,25-26,28-29,32-38H,1H2,2-4H3/t11?,12?,22-,23-,25-,26+,28?,29?,32+,33-/m0/s1. The van der Waals surface area contributed by atoms with Crippen LogP contribution < -0.4 is 16.0 Å². The highest BCUT2D eigenvalue weighted by molar-refractivity contribution is 6.29. The van der Waals surface area contributed by atoms with Crippen LogP contribution in [0.5, 0.6) is 11.5 Å². The van der Waals surface area contributed by atoms with Gasteiger partial charge in [-0.3, -0.25) is 0 Å². The van der Waals surface area contributed by atoms with Gasteiger partial charge in [0, 0.05) is 23.3 Å². The lowest BCUT2D eigenvalue weighted by atomic mass is 9.95. The number of fused-ring (bicyclic) bond motifs is 2. The molecule has 3 aromatic carbocycles. The summed E-state index contributed by atoms with van der Waals surface area (Å²) in [5, 5.41) is 55.0. The number of benzene rings is 3. The second-order valence-electron chi connectivity index (χ2n) is 11.8. The first kappa shape index (κ1) is 31.5. The summed E-state index contributed by atoms with van der Waals surface area (Å²) in [6, 6.07) is 7.57. The maximum Gasteiger partial charge on any atom is 0.348 e. The Kier molecular flexibility index (Phi) is 7.73. The first-order valence-electron chi connectivity index (χ1n) is 14.9. The number of phenolic OH excluding ortho intramolecular Hbond substituents is 1. The first-order chi connectivity index (χ1) is 22.5. The van der Waals surface area contributed by atoms with E-state index in [1.54, 1.807) is 13.0 Å². The summed E-state index contributed by atoms with van der Waals surface area (Å²) in [5.74, 6) is -0.462. The highest BCUT2D eigenvalue weighted by atomic mass is 16.8. The largest absolute Gasteiger partial charge is 0.506 e. The SMILES string of the molecule is C=Cc1ccc2oc(=O)c3c(O)c4cccc(O[C@@H]5OC(C)[C@H](O)[C@H](O)C5O[C@H]5OC(C)[C@H](O)C(OC)[C@H]5O)c4c4oc(=O)c1c2c34. The minimum absolute atomic E-state index is 0.00900. The molecule has 2 saturated heterocycles. The van der Waals surface area contributed by atoms with Crippen molar-refractivity contribution in [2.75, 3.05) is 7.11 Å². The van der Waals surface area contributed by atoms with Crippen LogP contribution in [0.1, 0.15) is 19.4 Å². The number of methoxy groups -OCH3 is 1. The molecule has 4 unspecified atom stereocenters. The Hall–Kier alpha value is -4.12. The predicted octanol–water partition coefficient (Wildman–Crippen LogP) is 1.70. The van der Waals surface area contributed by atoms with Crippen molar-refractivity contribution in [3.8, 4) is 11.5 Å². The van der Waals surface area contributed by atoms with Crippen molar-refractivity contribution in [3.05, 3.63) is 63.3 Å². The van der Waals surface area contributed by atoms with Crippen LogP contribution in [0.4, 0.5) is 0 Å². The number of hydrogen-bond acceptors (Lipinski definition) is 14. The van der Waals surface area contributed by atoms with Gasteiger partial charge in [-0.05, 0) is 31.5 Å². The predicted molar refractivity (Wildman–Crippen MR) is 165 cm³/mol. The fourth-order valence-electron chi connectivity index (χ4n) is 6.62. The Morgan fingerprint density at radius 3 is 2.19 bits per heavy atom. The van der Waals surface area contributed by atoms with E-state index >= 15 is 0 Å². The molecule has 2 fully saturated rings. The van der Waals surface area contributed by atoms with Gasteiger partial charge in [0.25, 0.3) is 0 Å². The number of hydrogen-bond donors (Lipinski definition) is 5. The molecule has 14 heteroatoms. The van der Waals surface area contributed by atoms with Gasteiger partial charge >= 0.3 is 11.3 Å². The number of phenols is 1. The maximum absolute atomic E-state index is 13.5. The summed E-state index contributed by atoms with van der Waals surface area (Å²) < 4.78 is 40.5. The molecule has 0 radical (unpaired) electrons. The molecular formula is C33H32O14. The van der Waals surface area contributed by atoms with Crippen LogP contribution >= 0.6 is 0 Å². The monoisotopic (exact) mass is 652 g/mol. The zero-order valence-corrected chi connectivity index (χ0v) is 25.4. The fraction of sp³-hybridized carbons (Fsp3) is 0.394. The number of ether oxygens (including phenoxy) is 5. The summed E-state index contributed by atoms with van der Waals surface area (Å²) in [6.07, 6.45) is -11.6. The summed E-state index contributed by atoms with van der Waals surface area (Å²) in [5.41, 5.74) is -1.19. The number of aromatic hydroxyl groups is 1. The highest BCUT2D eigenvalue weighted by Gasteiger charge is 2.50. The van der Waals surface area contributed by atoms with E-state index in [1.165, 1.54) is 44.4 Å². The van der Waals surface area contributed by atoms with Gasteiger partial charge in [-0.15, -0.1) is 0 Å². The Morgan fingerprint density at radius 1 is 0.766 bits per heavy atom. The zero-order valence-electron chi connectivity index (χ0n) is 25.4. The molecule has 47 heavy (non-hydrogen) atoms. The second-order valence-corrected chi connectivity index (χ2v) is 11.8. The molecule has 5 aromatic rings. The Labute approximate surface area is 264 Å². The topological polar surface area (TPSA) is 208 Å². The van der Waals surface area contributed by atoms with Crippen LogP contribution in [-0.4, -0.2) is 94.1 Å². The molecule has 2 aliphatic heterocycles. The van der Waals surface area contributed by atoms with Crippen molar-refractivity contribution < 1.29 is 58.1 Å². The van der Waals surface area contributed by atoms with Gasteiger partial charge in [-0.25, -0.2) is 9.59 Å². The molecule has 2 aromatic heterocycles. The van der Waals surface area contributed by atoms with Crippen molar-refractivity contribution in [2.24, 2.45) is 0 Å². The van der Waals surface area contributed by atoms with Crippen molar-refractivity contribution in [1.82, 2.24) is 0 Å². The Morgan fingerprint density at radius 2 is 1.47 bits per heavy atom. The zero-order chi connectivity index (χ0) is 33.5. The van der Waals surface area contributed by atoms with Crippen LogP contribution in [-0.2, 0) is 18.9 Å². The maximum atomic E-state index is 13.5. The van der Waals surface area contributed by atoms with E-state index in [2.05, 4.69) is 6.58 Å². The van der Waals surface area contributed by atoms with E-state index in [-0.39, 0.29) is 49.2 Å². The van der Waals surface area contributed by atoms with Gasteiger partial charge in [0.2, 0.25) is 6.29 Å². The molecule has 4 heterocycles. The van der Waals surface area contributed by atoms with E-state index in [1.807, 2.05) is 0 Å². The summed E-state index contributed by atoms with van der Waals surface area (Å²) in [6.45, 7) is 6.81. The van der Waals surface area contributed by atoms with Gasteiger partial charge in [0.05, 0.1) is 23.0 Å². The van der Waals surface area contributed by atoms with Crippen molar-refractivity contribution >= 4 is 49.6 Å². The highest BCUT2D eigenvalue weighted by Crippen LogP contribution is 2.45. The molecular weight excluding hydrogens is 620 g/mol. The minimum atomic E-state index is -1.61. The molecule has 10 atom stereocenters. The quantitative estimate of drug-likeness (QED) is 0.101. The van der Waals surface area contributed by atoms with E-state index in [9.17, 15) is 35.1 Å². The lowest BCUT2D eigenvalue weighted by Gasteiger charge is -2.46. The summed E-state index contributed by atoms with van der Waals surface area (Å²) >= 11 is 0. The van der Waals surface area contributed by atoms with E-state index in [0.717, 1.165) is 0 Å². The first-order valence-corrected chi connectivity index (χ1v) is 14.9. The van der Waals surface area contributed by atoms with Gasteiger partial charge < -0.3 is 58.1 Å². The Bertz CT molecular complexity index is 2120. The lowest BCUT2D eigenvalue weighted by Crippen LogP contribution is -2.64. The molecule has 0 saturated carbocycles. The minimum Gasteiger partial charge on any atom is -0.506 e. The van der Waals surface area contributed by atoms with Crippen LogP contribution in [0.2, 0.25) is 0 Å².